The van der Waals surface area contributed by atoms with Crippen LogP contribution in [0.2, 0.25) is 0 Å². The number of carbonyl (C=O) groups excluding carboxylic acids is 1. The molecule has 5 nitrogen and oxygen atoms in total. The summed E-state index contributed by atoms with van der Waals surface area (Å²) in [5, 5.41) is 3.28. The van der Waals surface area contributed by atoms with Gasteiger partial charge in [-0.2, -0.15) is 0 Å². The Balaban J connectivity index is 1.84. The van der Waals surface area contributed by atoms with Gasteiger partial charge in [0.25, 0.3) is 5.91 Å². The molecule has 1 amide bonds. The van der Waals surface area contributed by atoms with Gasteiger partial charge in [0.05, 0.1) is 11.5 Å². The van der Waals surface area contributed by atoms with Crippen molar-refractivity contribution in [1.82, 2.24) is 5.32 Å². The summed E-state index contributed by atoms with van der Waals surface area (Å²) in [5.74, 6) is -0.632. The van der Waals surface area contributed by atoms with Crippen LogP contribution in [0.25, 0.3) is 0 Å². The molecule has 2 heterocycles. The normalized spacial score (nSPS) is 21.8. The number of nitrogens with one attached hydrogen (secondary N) is 1. The molecule has 100 valence electrons. The molecule has 1 N–H and O–H groups in total. The third kappa shape index (κ3) is 3.22. The van der Waals surface area contributed by atoms with Crippen molar-refractivity contribution in [2.45, 2.75) is 25.7 Å². The van der Waals surface area contributed by atoms with E-state index >= 15 is 0 Å². The van der Waals surface area contributed by atoms with Gasteiger partial charge in [-0.15, -0.1) is 0 Å². The summed E-state index contributed by atoms with van der Waals surface area (Å²) in [5.41, 5.74) is 0. The van der Waals surface area contributed by atoms with Gasteiger partial charge in [-0.25, -0.2) is 0 Å². The van der Waals surface area contributed by atoms with E-state index in [-0.39, 0.29) is 12.0 Å². The van der Waals surface area contributed by atoms with Gasteiger partial charge in [-0.05, 0) is 26.0 Å². The minimum absolute atomic E-state index is 0.0643. The lowest BCUT2D eigenvalue weighted by molar-refractivity contribution is -0.141. The van der Waals surface area contributed by atoms with Gasteiger partial charge in [0.2, 0.25) is 0 Å². The smallest absolute Gasteiger partial charge is 0.261 e. The van der Waals surface area contributed by atoms with Crippen molar-refractivity contribution in [3.05, 3.63) is 17.0 Å². The Morgan fingerprint density at radius 2 is 2.39 bits per heavy atom. The number of hydrogen-bond donors (Lipinski definition) is 1. The maximum atomic E-state index is 11.4. The molecule has 0 aromatic carbocycles. The molecule has 1 saturated heterocycles. The lowest BCUT2D eigenvalue weighted by Crippen LogP contribution is -2.24. The molecule has 0 saturated carbocycles. The first kappa shape index (κ1) is 13.3. The zero-order chi connectivity index (χ0) is 13.2. The van der Waals surface area contributed by atoms with Crippen molar-refractivity contribution < 1.29 is 19.0 Å². The van der Waals surface area contributed by atoms with Crippen LogP contribution in [-0.2, 0) is 9.47 Å². The number of thiophene rings is 1. The first-order chi connectivity index (χ1) is 8.50. The monoisotopic (exact) mass is 271 g/mol. The van der Waals surface area contributed by atoms with Crippen LogP contribution < -0.4 is 10.1 Å². The van der Waals surface area contributed by atoms with Gasteiger partial charge in [-0.3, -0.25) is 4.79 Å². The number of rotatable bonds is 4. The lowest BCUT2D eigenvalue weighted by Gasteiger charge is -2.16. The summed E-state index contributed by atoms with van der Waals surface area (Å²) < 4.78 is 16.7. The van der Waals surface area contributed by atoms with E-state index in [4.69, 9.17) is 14.2 Å². The van der Waals surface area contributed by atoms with Crippen LogP contribution in [0.1, 0.15) is 23.5 Å². The molecule has 0 bridgehead atoms. The fraction of sp³-hybridized carbons (Fsp3) is 0.583. The first-order valence-electron chi connectivity index (χ1n) is 5.76. The van der Waals surface area contributed by atoms with Crippen LogP contribution in [0.5, 0.6) is 5.06 Å². The third-order valence-corrected chi connectivity index (χ3v) is 3.51. The molecule has 2 rings (SSSR count). The highest BCUT2D eigenvalue weighted by Crippen LogP contribution is 2.26. The molecule has 6 heteroatoms. The zero-order valence-corrected chi connectivity index (χ0v) is 11.5. The Labute approximate surface area is 110 Å². The molecule has 1 aromatic heterocycles. The highest BCUT2D eigenvalue weighted by atomic mass is 32.1. The van der Waals surface area contributed by atoms with Crippen LogP contribution >= 0.6 is 11.3 Å². The van der Waals surface area contributed by atoms with E-state index < -0.39 is 5.79 Å². The molecule has 0 spiro atoms. The molecule has 1 aromatic rings. The SMILES string of the molecule is CNC(=O)c1ccc(OCC2COC(C)(C)O2)s1. The van der Waals surface area contributed by atoms with E-state index in [1.54, 1.807) is 19.2 Å². The molecule has 18 heavy (non-hydrogen) atoms. The summed E-state index contributed by atoms with van der Waals surface area (Å²) in [6.07, 6.45) is -0.0643. The number of amides is 1. The van der Waals surface area contributed by atoms with Crippen LogP contribution in [0.4, 0.5) is 0 Å². The van der Waals surface area contributed by atoms with Gasteiger partial charge >= 0.3 is 0 Å². The van der Waals surface area contributed by atoms with E-state index in [2.05, 4.69) is 5.32 Å². The molecule has 1 unspecified atom stereocenters. The molecular formula is C12H17NO4S. The van der Waals surface area contributed by atoms with Gasteiger partial charge in [-0.1, -0.05) is 11.3 Å². The first-order valence-corrected chi connectivity index (χ1v) is 6.58. The average molecular weight is 271 g/mol. The van der Waals surface area contributed by atoms with Gasteiger partial charge < -0.3 is 19.5 Å². The Morgan fingerprint density at radius 3 is 3.00 bits per heavy atom. The second-order valence-electron chi connectivity index (χ2n) is 4.46. The zero-order valence-electron chi connectivity index (χ0n) is 10.7. The summed E-state index contributed by atoms with van der Waals surface area (Å²) >= 11 is 1.32. The van der Waals surface area contributed by atoms with Crippen molar-refractivity contribution in [2.24, 2.45) is 0 Å². The number of ether oxygens (including phenoxy) is 3. The largest absolute Gasteiger partial charge is 0.481 e. The van der Waals surface area contributed by atoms with E-state index in [1.165, 1.54) is 11.3 Å². The molecule has 1 fully saturated rings. The highest BCUT2D eigenvalue weighted by Gasteiger charge is 2.33. The van der Waals surface area contributed by atoms with E-state index in [0.29, 0.717) is 23.2 Å². The topological polar surface area (TPSA) is 56.8 Å². The van der Waals surface area contributed by atoms with Crippen molar-refractivity contribution in [3.63, 3.8) is 0 Å². The van der Waals surface area contributed by atoms with Gasteiger partial charge in [0, 0.05) is 7.05 Å². The van der Waals surface area contributed by atoms with Gasteiger partial charge in [0.15, 0.2) is 10.9 Å². The van der Waals surface area contributed by atoms with Crippen LogP contribution in [-0.4, -0.2) is 38.1 Å². The van der Waals surface area contributed by atoms with E-state index in [0.717, 1.165) is 0 Å². The Bertz CT molecular complexity index is 429. The highest BCUT2D eigenvalue weighted by molar-refractivity contribution is 7.15. The van der Waals surface area contributed by atoms with Crippen molar-refractivity contribution in [2.75, 3.05) is 20.3 Å². The van der Waals surface area contributed by atoms with E-state index in [1.807, 2.05) is 13.8 Å². The quantitative estimate of drug-likeness (QED) is 0.904. The Kier molecular flexibility index (Phi) is 3.89. The van der Waals surface area contributed by atoms with Crippen molar-refractivity contribution in [3.8, 4) is 5.06 Å². The second-order valence-corrected chi connectivity index (χ2v) is 5.51. The predicted octanol–water partition coefficient (Wildman–Crippen LogP) is 1.64. The minimum Gasteiger partial charge on any atom is -0.481 e. The molecule has 0 aliphatic carbocycles. The van der Waals surface area contributed by atoms with Crippen molar-refractivity contribution >= 4 is 17.2 Å². The molecule has 1 aliphatic rings. The van der Waals surface area contributed by atoms with Crippen LogP contribution in [0.3, 0.4) is 0 Å². The van der Waals surface area contributed by atoms with Crippen LogP contribution in [0.15, 0.2) is 12.1 Å². The summed E-state index contributed by atoms with van der Waals surface area (Å²) in [7, 11) is 1.61. The molecule has 1 aliphatic heterocycles. The standard InChI is InChI=1S/C12H17NO4S/c1-12(2)16-7-8(17-12)6-15-10-5-4-9(18-10)11(14)13-3/h4-5,8H,6-7H2,1-3H3,(H,13,14). The molecule has 0 radical (unpaired) electrons. The number of carbonyl (C=O) groups is 1. The summed E-state index contributed by atoms with van der Waals surface area (Å²) in [6, 6.07) is 3.53. The lowest BCUT2D eigenvalue weighted by atomic mass is 10.4. The molecular weight excluding hydrogens is 254 g/mol. The third-order valence-electron chi connectivity index (χ3n) is 2.51. The minimum atomic E-state index is -0.531. The fourth-order valence-electron chi connectivity index (χ4n) is 1.66. The summed E-state index contributed by atoms with van der Waals surface area (Å²) in [6.45, 7) is 4.71. The van der Waals surface area contributed by atoms with Crippen molar-refractivity contribution in [1.29, 1.82) is 0 Å². The summed E-state index contributed by atoms with van der Waals surface area (Å²) in [4.78, 5) is 12.0. The maximum Gasteiger partial charge on any atom is 0.261 e. The molecule has 1 atom stereocenters. The maximum absolute atomic E-state index is 11.4. The average Bonchev–Trinajstić information content (AvgIpc) is 2.92. The predicted molar refractivity (Wildman–Crippen MR) is 68.1 cm³/mol. The number of hydrogen-bond acceptors (Lipinski definition) is 5. The second kappa shape index (κ2) is 5.26. The Hall–Kier alpha value is -1.11. The van der Waals surface area contributed by atoms with Crippen LogP contribution in [0, 0.1) is 0 Å². The van der Waals surface area contributed by atoms with Gasteiger partial charge in [0.1, 0.15) is 12.7 Å². The Morgan fingerprint density at radius 1 is 1.61 bits per heavy atom. The van der Waals surface area contributed by atoms with E-state index in [9.17, 15) is 4.79 Å². The fourth-order valence-corrected chi connectivity index (χ4v) is 2.47.